The maximum atomic E-state index is 11.5. The predicted molar refractivity (Wildman–Crippen MR) is 80.2 cm³/mol. The van der Waals surface area contributed by atoms with E-state index in [1.54, 1.807) is 6.07 Å². The standard InChI is InChI=1S/C14H12N2O4S/c1-7(9-3-2-4-15-9)16-12-6-10-11(21-12)5-8(13(17)18)14(19)20-10/h2-7,15-16H,1H3,(H,17,18). The Hall–Kier alpha value is -2.54. The van der Waals surface area contributed by atoms with Crippen molar-refractivity contribution in [2.75, 3.05) is 5.32 Å². The van der Waals surface area contributed by atoms with Crippen LogP contribution in [0.4, 0.5) is 5.00 Å². The molecular formula is C14H12N2O4S. The maximum absolute atomic E-state index is 11.5. The maximum Gasteiger partial charge on any atom is 0.351 e. The van der Waals surface area contributed by atoms with Gasteiger partial charge in [-0.2, -0.15) is 0 Å². The van der Waals surface area contributed by atoms with Crippen LogP contribution in [0.25, 0.3) is 10.3 Å². The second-order valence-corrected chi connectivity index (χ2v) is 5.67. The van der Waals surface area contributed by atoms with E-state index < -0.39 is 11.6 Å². The van der Waals surface area contributed by atoms with Crippen LogP contribution in [0.5, 0.6) is 0 Å². The van der Waals surface area contributed by atoms with Gasteiger partial charge in [0, 0.05) is 18.0 Å². The zero-order valence-electron chi connectivity index (χ0n) is 11.0. The molecule has 0 aliphatic carbocycles. The fourth-order valence-corrected chi connectivity index (χ4v) is 3.06. The molecule has 21 heavy (non-hydrogen) atoms. The zero-order valence-corrected chi connectivity index (χ0v) is 11.9. The van der Waals surface area contributed by atoms with E-state index >= 15 is 0 Å². The minimum Gasteiger partial charge on any atom is -0.477 e. The van der Waals surface area contributed by atoms with Crippen LogP contribution >= 0.6 is 11.3 Å². The van der Waals surface area contributed by atoms with Gasteiger partial charge in [-0.3, -0.25) is 0 Å². The number of hydrogen-bond donors (Lipinski definition) is 3. The molecule has 7 heteroatoms. The number of rotatable bonds is 4. The van der Waals surface area contributed by atoms with Gasteiger partial charge in [-0.15, -0.1) is 11.3 Å². The molecule has 0 bridgehead atoms. The average Bonchev–Trinajstić information content (AvgIpc) is 3.05. The van der Waals surface area contributed by atoms with Gasteiger partial charge in [0.05, 0.1) is 15.7 Å². The summed E-state index contributed by atoms with van der Waals surface area (Å²) >= 11 is 1.34. The number of thiophene rings is 1. The summed E-state index contributed by atoms with van der Waals surface area (Å²) in [6.45, 7) is 2.00. The first-order valence-electron chi connectivity index (χ1n) is 6.25. The van der Waals surface area contributed by atoms with E-state index in [0.29, 0.717) is 10.3 Å². The molecule has 3 N–H and O–H groups in total. The predicted octanol–water partition coefficient (Wildman–Crippen LogP) is 3.05. The Morgan fingerprint density at radius 2 is 2.29 bits per heavy atom. The minimum atomic E-state index is -1.28. The molecule has 0 amide bonds. The van der Waals surface area contributed by atoms with Gasteiger partial charge in [-0.05, 0) is 25.1 Å². The van der Waals surface area contributed by atoms with E-state index in [1.807, 2.05) is 25.3 Å². The minimum absolute atomic E-state index is 0.0544. The first-order chi connectivity index (χ1) is 10.0. The Labute approximate surface area is 123 Å². The van der Waals surface area contributed by atoms with Crippen LogP contribution in [0, 0.1) is 0 Å². The number of aromatic amines is 1. The SMILES string of the molecule is CC(Nc1cc2oc(=O)c(C(=O)O)cc2s1)c1ccc[nH]1. The number of nitrogens with one attached hydrogen (secondary N) is 2. The number of fused-ring (bicyclic) bond motifs is 1. The number of anilines is 1. The normalized spacial score (nSPS) is 12.4. The topological polar surface area (TPSA) is 95.3 Å². The van der Waals surface area contributed by atoms with Crippen LogP contribution in [0.3, 0.4) is 0 Å². The molecule has 1 atom stereocenters. The van der Waals surface area contributed by atoms with E-state index in [1.165, 1.54) is 17.4 Å². The summed E-state index contributed by atoms with van der Waals surface area (Å²) in [5, 5.41) is 13.0. The van der Waals surface area contributed by atoms with E-state index in [2.05, 4.69) is 10.3 Å². The summed E-state index contributed by atoms with van der Waals surface area (Å²) in [6.07, 6.45) is 1.84. The highest BCUT2D eigenvalue weighted by Gasteiger charge is 2.15. The molecule has 1 unspecified atom stereocenters. The lowest BCUT2D eigenvalue weighted by Crippen LogP contribution is -2.12. The molecule has 108 valence electrons. The van der Waals surface area contributed by atoms with Crippen molar-refractivity contribution in [2.24, 2.45) is 0 Å². The molecule has 0 saturated heterocycles. The van der Waals surface area contributed by atoms with E-state index in [-0.39, 0.29) is 11.6 Å². The van der Waals surface area contributed by atoms with Crippen molar-refractivity contribution in [3.8, 4) is 0 Å². The number of aromatic carboxylic acids is 1. The Bertz CT molecular complexity index is 848. The Morgan fingerprint density at radius 1 is 1.48 bits per heavy atom. The second kappa shape index (κ2) is 5.10. The molecule has 3 aromatic rings. The van der Waals surface area contributed by atoms with Gasteiger partial charge in [0.2, 0.25) is 0 Å². The zero-order chi connectivity index (χ0) is 15.0. The quantitative estimate of drug-likeness (QED) is 0.688. The first-order valence-corrected chi connectivity index (χ1v) is 7.07. The molecular weight excluding hydrogens is 292 g/mol. The van der Waals surface area contributed by atoms with Crippen molar-refractivity contribution < 1.29 is 14.3 Å². The van der Waals surface area contributed by atoms with Gasteiger partial charge < -0.3 is 19.8 Å². The van der Waals surface area contributed by atoms with Crippen LogP contribution < -0.4 is 10.9 Å². The lowest BCUT2D eigenvalue weighted by Gasteiger charge is -2.11. The van der Waals surface area contributed by atoms with E-state index in [9.17, 15) is 9.59 Å². The number of hydrogen-bond acceptors (Lipinski definition) is 5. The first kappa shape index (κ1) is 13.4. The molecule has 3 heterocycles. The van der Waals surface area contributed by atoms with Crippen LogP contribution in [0.2, 0.25) is 0 Å². The molecule has 0 spiro atoms. The molecule has 0 radical (unpaired) electrons. The van der Waals surface area contributed by atoms with Crippen molar-refractivity contribution in [2.45, 2.75) is 13.0 Å². The van der Waals surface area contributed by atoms with Crippen LogP contribution in [0.15, 0.2) is 39.7 Å². The lowest BCUT2D eigenvalue weighted by atomic mass is 10.2. The third-order valence-corrected chi connectivity index (χ3v) is 4.10. The number of H-pyrrole nitrogens is 1. The molecule has 0 aliphatic heterocycles. The molecule has 0 aliphatic rings. The average molecular weight is 304 g/mol. The number of carboxylic acids is 1. The summed E-state index contributed by atoms with van der Waals surface area (Å²) in [4.78, 5) is 25.6. The summed E-state index contributed by atoms with van der Waals surface area (Å²) in [5.41, 5.74) is 0.224. The van der Waals surface area contributed by atoms with Gasteiger partial charge >= 0.3 is 11.6 Å². The number of carboxylic acid groups (broad SMARTS) is 1. The highest BCUT2D eigenvalue weighted by Crippen LogP contribution is 2.31. The monoisotopic (exact) mass is 304 g/mol. The number of aromatic nitrogens is 1. The third-order valence-electron chi connectivity index (χ3n) is 3.10. The fraction of sp³-hybridized carbons (Fsp3) is 0.143. The van der Waals surface area contributed by atoms with Crippen LogP contribution in [-0.4, -0.2) is 16.1 Å². The van der Waals surface area contributed by atoms with Crippen molar-refractivity contribution in [1.82, 2.24) is 4.98 Å². The van der Waals surface area contributed by atoms with E-state index in [0.717, 1.165) is 10.7 Å². The van der Waals surface area contributed by atoms with Gasteiger partial charge in [-0.25, -0.2) is 9.59 Å². The third kappa shape index (κ3) is 2.55. The molecule has 0 fully saturated rings. The lowest BCUT2D eigenvalue weighted by molar-refractivity contribution is 0.0692. The molecule has 6 nitrogen and oxygen atoms in total. The molecule has 3 aromatic heterocycles. The molecule has 0 aromatic carbocycles. The van der Waals surface area contributed by atoms with Gasteiger partial charge in [0.15, 0.2) is 5.58 Å². The van der Waals surface area contributed by atoms with Gasteiger partial charge in [-0.1, -0.05) is 0 Å². The van der Waals surface area contributed by atoms with Crippen LogP contribution in [0.1, 0.15) is 29.0 Å². The Morgan fingerprint density at radius 3 is 2.95 bits per heavy atom. The Balaban J connectivity index is 1.94. The molecule has 0 saturated carbocycles. The van der Waals surface area contributed by atoms with Gasteiger partial charge in [0.25, 0.3) is 0 Å². The summed E-state index contributed by atoms with van der Waals surface area (Å²) in [7, 11) is 0. The van der Waals surface area contributed by atoms with E-state index in [4.69, 9.17) is 9.52 Å². The van der Waals surface area contributed by atoms with Crippen molar-refractivity contribution in [3.05, 3.63) is 52.1 Å². The largest absolute Gasteiger partial charge is 0.477 e. The molecule has 3 rings (SSSR count). The highest BCUT2D eigenvalue weighted by molar-refractivity contribution is 7.22. The van der Waals surface area contributed by atoms with Crippen LogP contribution in [-0.2, 0) is 0 Å². The summed E-state index contributed by atoms with van der Waals surface area (Å²) in [5.74, 6) is -1.28. The Kier molecular flexibility index (Phi) is 3.26. The van der Waals surface area contributed by atoms with Crippen molar-refractivity contribution in [1.29, 1.82) is 0 Å². The van der Waals surface area contributed by atoms with Gasteiger partial charge in [0.1, 0.15) is 5.56 Å². The van der Waals surface area contributed by atoms with Crippen molar-refractivity contribution in [3.63, 3.8) is 0 Å². The second-order valence-electron chi connectivity index (χ2n) is 4.58. The highest BCUT2D eigenvalue weighted by atomic mass is 32.1. The summed E-state index contributed by atoms with van der Waals surface area (Å²) in [6, 6.07) is 6.98. The number of carbonyl (C=O) groups is 1. The smallest absolute Gasteiger partial charge is 0.351 e. The van der Waals surface area contributed by atoms with Crippen molar-refractivity contribution >= 4 is 32.6 Å². The summed E-state index contributed by atoms with van der Waals surface area (Å²) < 4.78 is 5.65. The fourth-order valence-electron chi connectivity index (χ4n) is 2.04.